The highest BCUT2D eigenvalue weighted by molar-refractivity contribution is 5.98. The van der Waals surface area contributed by atoms with Gasteiger partial charge in [-0.2, -0.15) is 0 Å². The van der Waals surface area contributed by atoms with Crippen LogP contribution in [0.25, 0.3) is 0 Å². The number of nitrogens with one attached hydrogen (secondary N) is 1. The summed E-state index contributed by atoms with van der Waals surface area (Å²) in [5.74, 6) is -0.0916. The number of ether oxygens (including phenoxy) is 1. The zero-order chi connectivity index (χ0) is 17.7. The van der Waals surface area contributed by atoms with Gasteiger partial charge in [0.1, 0.15) is 12.1 Å². The van der Waals surface area contributed by atoms with E-state index >= 15 is 0 Å². The van der Waals surface area contributed by atoms with E-state index in [1.165, 1.54) is 4.90 Å². The predicted molar refractivity (Wildman–Crippen MR) is 91.6 cm³/mol. The van der Waals surface area contributed by atoms with E-state index in [9.17, 15) is 9.59 Å². The van der Waals surface area contributed by atoms with Gasteiger partial charge in [0.15, 0.2) is 0 Å². The fourth-order valence-electron chi connectivity index (χ4n) is 2.89. The average molecular weight is 340 g/mol. The summed E-state index contributed by atoms with van der Waals surface area (Å²) in [7, 11) is 0. The Hall–Kier alpha value is -2.96. The Balaban J connectivity index is 1.65. The number of likely N-dealkylation sites (tertiary alicyclic amines) is 1. The molecular formula is C18H20N4O3. The van der Waals surface area contributed by atoms with Gasteiger partial charge < -0.3 is 4.74 Å². The molecule has 2 amide bonds. The van der Waals surface area contributed by atoms with Gasteiger partial charge in [0, 0.05) is 18.9 Å². The normalized spacial score (nSPS) is 19.5. The van der Waals surface area contributed by atoms with Crippen LogP contribution in [0.3, 0.4) is 0 Å². The molecule has 0 saturated carbocycles. The van der Waals surface area contributed by atoms with Gasteiger partial charge in [0.05, 0.1) is 0 Å². The third kappa shape index (κ3) is 3.76. The first-order chi connectivity index (χ1) is 12.1. The van der Waals surface area contributed by atoms with Crippen molar-refractivity contribution in [2.45, 2.75) is 31.9 Å². The second-order valence-corrected chi connectivity index (χ2v) is 6.10. The number of anilines is 1. The fourth-order valence-corrected chi connectivity index (χ4v) is 2.89. The molecule has 1 aliphatic heterocycles. The van der Waals surface area contributed by atoms with E-state index in [0.29, 0.717) is 13.0 Å². The van der Waals surface area contributed by atoms with Crippen LogP contribution in [-0.4, -0.2) is 39.0 Å². The molecule has 0 spiro atoms. The summed E-state index contributed by atoms with van der Waals surface area (Å²) in [4.78, 5) is 34.6. The van der Waals surface area contributed by atoms with Gasteiger partial charge in [-0.15, -0.1) is 0 Å². The Kier molecular flexibility index (Phi) is 4.92. The molecule has 1 saturated heterocycles. The molecule has 2 aromatic rings. The van der Waals surface area contributed by atoms with Crippen LogP contribution in [0.15, 0.2) is 48.8 Å². The van der Waals surface area contributed by atoms with Crippen LogP contribution < -0.4 is 5.32 Å². The summed E-state index contributed by atoms with van der Waals surface area (Å²) in [5, 5.41) is 2.67. The van der Waals surface area contributed by atoms with E-state index in [0.717, 1.165) is 12.0 Å². The summed E-state index contributed by atoms with van der Waals surface area (Å²) in [6.45, 7) is 2.39. The fraction of sp³-hybridized carbons (Fsp3) is 0.333. The van der Waals surface area contributed by atoms with Gasteiger partial charge in [-0.3, -0.25) is 15.0 Å². The summed E-state index contributed by atoms with van der Waals surface area (Å²) < 4.78 is 5.38. The monoisotopic (exact) mass is 340 g/mol. The van der Waals surface area contributed by atoms with Gasteiger partial charge in [0.2, 0.25) is 5.95 Å². The largest absolute Gasteiger partial charge is 0.445 e. The minimum Gasteiger partial charge on any atom is -0.445 e. The topological polar surface area (TPSA) is 84.4 Å². The number of hydrogen-bond acceptors (Lipinski definition) is 5. The molecule has 1 unspecified atom stereocenters. The van der Waals surface area contributed by atoms with Crippen molar-refractivity contribution in [3.8, 4) is 0 Å². The summed E-state index contributed by atoms with van der Waals surface area (Å²) >= 11 is 0. The lowest BCUT2D eigenvalue weighted by atomic mass is 9.98. The molecule has 1 atom stereocenters. The highest BCUT2D eigenvalue weighted by Gasteiger charge is 2.46. The van der Waals surface area contributed by atoms with Crippen LogP contribution in [0.4, 0.5) is 10.7 Å². The van der Waals surface area contributed by atoms with Crippen molar-refractivity contribution in [2.75, 3.05) is 11.9 Å². The molecular weight excluding hydrogens is 320 g/mol. The average Bonchev–Trinajstić information content (AvgIpc) is 3.04. The first kappa shape index (κ1) is 16.9. The summed E-state index contributed by atoms with van der Waals surface area (Å²) in [6, 6.07) is 11.1. The van der Waals surface area contributed by atoms with Crippen LogP contribution in [-0.2, 0) is 16.1 Å². The van der Waals surface area contributed by atoms with E-state index in [1.807, 2.05) is 30.3 Å². The summed E-state index contributed by atoms with van der Waals surface area (Å²) in [6.07, 6.45) is 3.90. The molecule has 1 aromatic carbocycles. The Morgan fingerprint density at radius 2 is 1.92 bits per heavy atom. The number of rotatable bonds is 4. The minimum atomic E-state index is -0.979. The lowest BCUT2D eigenvalue weighted by molar-refractivity contribution is -0.125. The van der Waals surface area contributed by atoms with E-state index in [4.69, 9.17) is 4.74 Å². The van der Waals surface area contributed by atoms with Gasteiger partial charge in [0.25, 0.3) is 5.91 Å². The van der Waals surface area contributed by atoms with Crippen molar-refractivity contribution >= 4 is 17.9 Å². The molecule has 0 radical (unpaired) electrons. The zero-order valence-corrected chi connectivity index (χ0v) is 14.0. The van der Waals surface area contributed by atoms with E-state index in [2.05, 4.69) is 15.3 Å². The minimum absolute atomic E-state index is 0.176. The van der Waals surface area contributed by atoms with Crippen molar-refractivity contribution in [3.63, 3.8) is 0 Å². The van der Waals surface area contributed by atoms with Crippen LogP contribution in [0.5, 0.6) is 0 Å². The predicted octanol–water partition coefficient (Wildman–Crippen LogP) is 2.61. The molecule has 0 aliphatic carbocycles. The van der Waals surface area contributed by atoms with Crippen LogP contribution in [0.1, 0.15) is 25.3 Å². The van der Waals surface area contributed by atoms with Crippen molar-refractivity contribution in [3.05, 3.63) is 54.4 Å². The maximum absolute atomic E-state index is 12.7. The van der Waals surface area contributed by atoms with Crippen molar-refractivity contribution in [1.29, 1.82) is 0 Å². The van der Waals surface area contributed by atoms with Crippen LogP contribution in [0.2, 0.25) is 0 Å². The second kappa shape index (κ2) is 7.29. The van der Waals surface area contributed by atoms with E-state index in [1.54, 1.807) is 25.4 Å². The van der Waals surface area contributed by atoms with E-state index < -0.39 is 11.6 Å². The van der Waals surface area contributed by atoms with Gasteiger partial charge in [-0.05, 0) is 31.4 Å². The van der Waals surface area contributed by atoms with Crippen molar-refractivity contribution in [2.24, 2.45) is 0 Å². The van der Waals surface area contributed by atoms with Crippen LogP contribution in [0, 0.1) is 0 Å². The first-order valence-corrected chi connectivity index (χ1v) is 8.16. The van der Waals surface area contributed by atoms with E-state index in [-0.39, 0.29) is 18.5 Å². The third-order valence-corrected chi connectivity index (χ3v) is 4.35. The van der Waals surface area contributed by atoms with Crippen molar-refractivity contribution in [1.82, 2.24) is 14.9 Å². The Bertz CT molecular complexity index is 739. The Labute approximate surface area is 146 Å². The number of carbonyl (C=O) groups excluding carboxylic acids is 2. The molecule has 0 bridgehead atoms. The number of benzene rings is 1. The molecule has 7 nitrogen and oxygen atoms in total. The van der Waals surface area contributed by atoms with Crippen LogP contribution >= 0.6 is 0 Å². The first-order valence-electron chi connectivity index (χ1n) is 8.16. The third-order valence-electron chi connectivity index (χ3n) is 4.35. The molecule has 1 N–H and O–H groups in total. The lowest BCUT2D eigenvalue weighted by Gasteiger charge is -2.32. The Morgan fingerprint density at radius 3 is 2.64 bits per heavy atom. The molecule has 25 heavy (non-hydrogen) atoms. The zero-order valence-electron chi connectivity index (χ0n) is 14.0. The maximum Gasteiger partial charge on any atom is 0.410 e. The molecule has 3 rings (SSSR count). The summed E-state index contributed by atoms with van der Waals surface area (Å²) in [5.41, 5.74) is -0.0774. The smallest absolute Gasteiger partial charge is 0.410 e. The number of hydrogen-bond donors (Lipinski definition) is 1. The molecule has 130 valence electrons. The molecule has 1 aliphatic rings. The quantitative estimate of drug-likeness (QED) is 0.925. The standard InChI is InChI=1S/C18H20N4O3/c1-18(15(23)21-16-19-10-6-11-20-16)9-5-12-22(18)17(24)25-13-14-7-3-2-4-8-14/h2-4,6-8,10-11H,5,9,12-13H2,1H3,(H,19,20,21,23). The maximum atomic E-state index is 12.7. The Morgan fingerprint density at radius 1 is 1.20 bits per heavy atom. The van der Waals surface area contributed by atoms with Gasteiger partial charge in [-0.25, -0.2) is 14.8 Å². The lowest BCUT2D eigenvalue weighted by Crippen LogP contribution is -2.53. The highest BCUT2D eigenvalue weighted by atomic mass is 16.6. The highest BCUT2D eigenvalue weighted by Crippen LogP contribution is 2.30. The van der Waals surface area contributed by atoms with Gasteiger partial charge >= 0.3 is 6.09 Å². The molecule has 1 fully saturated rings. The van der Waals surface area contributed by atoms with Gasteiger partial charge in [-0.1, -0.05) is 30.3 Å². The second-order valence-electron chi connectivity index (χ2n) is 6.10. The molecule has 2 heterocycles. The number of amides is 2. The SMILES string of the molecule is CC1(C(=O)Nc2ncccn2)CCCN1C(=O)OCc1ccccc1. The number of aromatic nitrogens is 2. The number of carbonyl (C=O) groups is 2. The molecule has 7 heteroatoms. The van der Waals surface area contributed by atoms with Crippen molar-refractivity contribution < 1.29 is 14.3 Å². The number of nitrogens with zero attached hydrogens (tertiary/aromatic N) is 3. The molecule has 1 aromatic heterocycles.